The Kier molecular flexibility index (Phi) is 10.6. The molecule has 3 aliphatic heterocycles. The van der Waals surface area contributed by atoms with E-state index >= 15 is 4.79 Å². The van der Waals surface area contributed by atoms with Crippen molar-refractivity contribution in [2.24, 2.45) is 5.92 Å². The molecule has 278 valence electrons. The first-order chi connectivity index (χ1) is 26.4. The number of aliphatic hydroxyl groups excluding tert-OH is 1. The van der Waals surface area contributed by atoms with Gasteiger partial charge in [0.2, 0.25) is 5.91 Å². The highest BCUT2D eigenvalue weighted by Crippen LogP contribution is 2.66. The van der Waals surface area contributed by atoms with Gasteiger partial charge in [0.25, 0.3) is 0 Å². The number of nitrogens with zero attached hydrogens (tertiary/aromatic N) is 2. The Hall–Kier alpha value is -5.82. The lowest BCUT2D eigenvalue weighted by Crippen LogP contribution is -2.53. The number of hydrogen-bond acceptors (Lipinski definition) is 11. The molecule has 54 heavy (non-hydrogen) atoms. The molecular weight excluding hydrogens is 692 g/mol. The fraction of sp³-hybridized carbons (Fsp3) is 0.286. The van der Waals surface area contributed by atoms with Crippen LogP contribution in [0.3, 0.4) is 0 Å². The normalized spacial score (nSPS) is 24.4. The number of morpholine rings is 1. The molecule has 3 heterocycles. The lowest BCUT2D eigenvalue weighted by molar-refractivity contribution is -0.180. The van der Waals surface area contributed by atoms with Crippen molar-refractivity contribution in [2.75, 3.05) is 45.0 Å². The van der Waals surface area contributed by atoms with E-state index in [1.165, 1.54) is 13.2 Å². The van der Waals surface area contributed by atoms with E-state index in [1.807, 2.05) is 65.6 Å². The Labute approximate surface area is 312 Å². The topological polar surface area (TPSA) is 141 Å². The van der Waals surface area contributed by atoms with Gasteiger partial charge >= 0.3 is 18.0 Å². The average Bonchev–Trinajstić information content (AvgIpc) is 3.66. The summed E-state index contributed by atoms with van der Waals surface area (Å²) >= 11 is 0. The predicted octanol–water partition coefficient (Wildman–Crippen LogP) is 5.24. The minimum Gasteiger partial charge on any atom is -0.491 e. The number of para-hydroxylation sites is 1. The lowest BCUT2D eigenvalue weighted by atomic mass is 9.65. The summed E-state index contributed by atoms with van der Waals surface area (Å²) < 4.78 is 28.6. The standard InChI is InChI=1S/C42H40N2O10/c1-3-22-52-38(46)33-35-39(47)54-36(28-15-8-5-9-16-28)34(27-13-6-4-7-14-27)44(35)37(29-17-12-18-30(26-29)51-23-21-45)42(33)31-19-10-11-20-32(31)43(40(42)48)41(49)53-25-24-50-2/h3-20,26,33-37,45H,1,21-25H2,2H3/t33-,34-,35-,36+,37+,42-/m0/s1. The molecule has 12 nitrogen and oxygen atoms in total. The smallest absolute Gasteiger partial charge is 0.421 e. The third kappa shape index (κ3) is 6.11. The van der Waals surface area contributed by atoms with E-state index in [0.29, 0.717) is 22.4 Å². The third-order valence-electron chi connectivity index (χ3n) is 10.2. The molecule has 4 aromatic carbocycles. The number of benzene rings is 4. The van der Waals surface area contributed by atoms with Crippen LogP contribution in [0, 0.1) is 5.92 Å². The van der Waals surface area contributed by atoms with Crippen LogP contribution in [0.2, 0.25) is 0 Å². The summed E-state index contributed by atoms with van der Waals surface area (Å²) in [5.74, 6) is -3.50. The Bertz CT molecular complexity index is 2020. The van der Waals surface area contributed by atoms with Crippen LogP contribution in [0.1, 0.15) is 40.4 Å². The van der Waals surface area contributed by atoms with E-state index < -0.39 is 59.5 Å². The van der Waals surface area contributed by atoms with Crippen LogP contribution >= 0.6 is 0 Å². The summed E-state index contributed by atoms with van der Waals surface area (Å²) in [6.07, 6.45) is -0.444. The molecule has 12 heteroatoms. The first kappa shape index (κ1) is 36.5. The van der Waals surface area contributed by atoms with Crippen molar-refractivity contribution in [3.63, 3.8) is 0 Å². The number of rotatable bonds is 12. The molecule has 6 atom stereocenters. The second-order valence-corrected chi connectivity index (χ2v) is 13.1. The molecule has 0 radical (unpaired) electrons. The number of hydrogen-bond donors (Lipinski definition) is 1. The molecule has 0 bridgehead atoms. The van der Waals surface area contributed by atoms with E-state index in [2.05, 4.69) is 6.58 Å². The second-order valence-electron chi connectivity index (χ2n) is 13.1. The van der Waals surface area contributed by atoms with Gasteiger partial charge in [0.15, 0.2) is 0 Å². The summed E-state index contributed by atoms with van der Waals surface area (Å²) in [6, 6.07) is 29.2. The molecule has 0 saturated carbocycles. The van der Waals surface area contributed by atoms with Gasteiger partial charge in [-0.3, -0.25) is 19.3 Å². The monoisotopic (exact) mass is 732 g/mol. The number of aliphatic hydroxyl groups is 1. The fourth-order valence-corrected chi connectivity index (χ4v) is 8.25. The van der Waals surface area contributed by atoms with Gasteiger partial charge < -0.3 is 28.8 Å². The number of esters is 2. The van der Waals surface area contributed by atoms with E-state index in [1.54, 1.807) is 48.5 Å². The summed E-state index contributed by atoms with van der Waals surface area (Å²) in [4.78, 5) is 61.9. The van der Waals surface area contributed by atoms with E-state index in [0.717, 1.165) is 10.5 Å². The van der Waals surface area contributed by atoms with Crippen molar-refractivity contribution in [1.82, 2.24) is 4.90 Å². The maximum Gasteiger partial charge on any atom is 0.421 e. The molecule has 1 spiro atoms. The number of ether oxygens (including phenoxy) is 5. The summed E-state index contributed by atoms with van der Waals surface area (Å²) in [6.45, 7) is 3.21. The van der Waals surface area contributed by atoms with E-state index in [-0.39, 0.29) is 38.7 Å². The fourth-order valence-electron chi connectivity index (χ4n) is 8.25. The molecule has 4 aromatic rings. The highest BCUT2D eigenvalue weighted by Gasteiger charge is 2.76. The van der Waals surface area contributed by atoms with Crippen LogP contribution in [-0.4, -0.2) is 80.1 Å². The van der Waals surface area contributed by atoms with Crippen LogP contribution in [-0.2, 0) is 38.7 Å². The predicted molar refractivity (Wildman–Crippen MR) is 195 cm³/mol. The summed E-state index contributed by atoms with van der Waals surface area (Å²) in [5, 5.41) is 9.58. The maximum absolute atomic E-state index is 15.7. The number of imide groups is 1. The Morgan fingerprint density at radius 3 is 2.22 bits per heavy atom. The number of cyclic esters (lactones) is 1. The summed E-state index contributed by atoms with van der Waals surface area (Å²) in [5.41, 5.74) is 0.545. The van der Waals surface area contributed by atoms with Gasteiger partial charge in [-0.2, -0.15) is 0 Å². The molecule has 2 fully saturated rings. The molecular formula is C42H40N2O10. The molecule has 7 rings (SSSR count). The third-order valence-corrected chi connectivity index (χ3v) is 10.2. The SMILES string of the molecule is C=CCOC(=O)[C@@H]1[C@H]2C(=O)O[C@H](c3ccccc3)[C@H](c3ccccc3)N2[C@H](c2cccc(OCCO)c2)[C@@]12C(=O)N(C(=O)OCCOC)c1ccccc12. The molecule has 2 amide bonds. The molecule has 3 aliphatic rings. The number of anilines is 1. The van der Waals surface area contributed by atoms with Crippen molar-refractivity contribution in [2.45, 2.75) is 29.6 Å². The minimum absolute atomic E-state index is 0.0000105. The Morgan fingerprint density at radius 1 is 0.833 bits per heavy atom. The van der Waals surface area contributed by atoms with E-state index in [9.17, 15) is 19.5 Å². The van der Waals surface area contributed by atoms with Gasteiger partial charge in [-0.1, -0.05) is 104 Å². The quantitative estimate of drug-likeness (QED) is 0.0886. The number of fused-ring (bicyclic) bond motifs is 3. The van der Waals surface area contributed by atoms with Crippen molar-refractivity contribution in [1.29, 1.82) is 0 Å². The van der Waals surface area contributed by atoms with Gasteiger partial charge in [0.05, 0.1) is 31.0 Å². The Balaban J connectivity index is 1.55. The maximum atomic E-state index is 15.7. The second kappa shape index (κ2) is 15.7. The first-order valence-electron chi connectivity index (χ1n) is 17.7. The van der Waals surface area contributed by atoms with Gasteiger partial charge in [-0.15, -0.1) is 0 Å². The average molecular weight is 733 g/mol. The van der Waals surface area contributed by atoms with Gasteiger partial charge in [-0.25, -0.2) is 9.69 Å². The zero-order chi connectivity index (χ0) is 37.8. The van der Waals surface area contributed by atoms with Crippen LogP contribution in [0.4, 0.5) is 10.5 Å². The zero-order valence-corrected chi connectivity index (χ0v) is 29.6. The van der Waals surface area contributed by atoms with Gasteiger partial charge in [0, 0.05) is 7.11 Å². The molecule has 0 aliphatic carbocycles. The van der Waals surface area contributed by atoms with Crippen LogP contribution in [0.25, 0.3) is 0 Å². The first-order valence-corrected chi connectivity index (χ1v) is 17.7. The van der Waals surface area contributed by atoms with Gasteiger partial charge in [-0.05, 0) is 40.5 Å². The van der Waals surface area contributed by atoms with Crippen LogP contribution < -0.4 is 9.64 Å². The molecule has 0 aromatic heterocycles. The van der Waals surface area contributed by atoms with Gasteiger partial charge in [0.1, 0.15) is 49.0 Å². The van der Waals surface area contributed by atoms with Crippen molar-refractivity contribution >= 4 is 29.6 Å². The van der Waals surface area contributed by atoms with Crippen LogP contribution in [0.5, 0.6) is 5.75 Å². The van der Waals surface area contributed by atoms with Crippen molar-refractivity contribution in [3.8, 4) is 5.75 Å². The minimum atomic E-state index is -1.95. The number of carbonyl (C=O) groups is 4. The van der Waals surface area contributed by atoms with E-state index in [4.69, 9.17) is 23.7 Å². The van der Waals surface area contributed by atoms with Crippen molar-refractivity contribution < 1.29 is 48.0 Å². The Morgan fingerprint density at radius 2 is 1.52 bits per heavy atom. The number of carbonyl (C=O) groups excluding carboxylic acids is 4. The zero-order valence-electron chi connectivity index (χ0n) is 29.6. The largest absolute Gasteiger partial charge is 0.491 e. The number of methoxy groups -OCH3 is 1. The summed E-state index contributed by atoms with van der Waals surface area (Å²) in [7, 11) is 1.46. The van der Waals surface area contributed by atoms with Crippen LogP contribution in [0.15, 0.2) is 122 Å². The number of amides is 2. The van der Waals surface area contributed by atoms with Crippen molar-refractivity contribution in [3.05, 3.63) is 144 Å². The molecule has 2 saturated heterocycles. The lowest BCUT2D eigenvalue weighted by Gasteiger charge is -2.46. The molecule has 1 N–H and O–H groups in total. The molecule has 0 unspecified atom stereocenters. The highest BCUT2D eigenvalue weighted by molar-refractivity contribution is 6.23. The highest BCUT2D eigenvalue weighted by atomic mass is 16.6.